The van der Waals surface area contributed by atoms with Gasteiger partial charge in [-0.25, -0.2) is 9.38 Å². The predicted molar refractivity (Wildman–Crippen MR) is 100 cm³/mol. The number of nitrogens with one attached hydrogen (secondary N) is 2. The van der Waals surface area contributed by atoms with Crippen LogP contribution in [0.15, 0.2) is 29.3 Å². The number of nitrogens with zero attached hydrogens (tertiary/aromatic N) is 1. The van der Waals surface area contributed by atoms with Gasteiger partial charge in [0.25, 0.3) is 0 Å². The molecule has 1 atom stereocenters. The third-order valence-corrected chi connectivity index (χ3v) is 4.63. The van der Waals surface area contributed by atoms with E-state index >= 15 is 0 Å². The molecule has 1 aromatic carbocycles. The lowest BCUT2D eigenvalue weighted by Gasteiger charge is -2.14. The molecule has 0 spiro atoms. The summed E-state index contributed by atoms with van der Waals surface area (Å²) in [5, 5.41) is 7.22. The first-order valence-corrected chi connectivity index (χ1v) is 8.21. The van der Waals surface area contributed by atoms with Crippen molar-refractivity contribution in [3.8, 4) is 0 Å². The zero-order valence-corrected chi connectivity index (χ0v) is 15.4. The highest BCUT2D eigenvalue weighted by Gasteiger charge is 2.15. The molecule has 1 aliphatic rings. The van der Waals surface area contributed by atoms with Crippen molar-refractivity contribution >= 4 is 41.7 Å². The van der Waals surface area contributed by atoms with Gasteiger partial charge in [-0.15, -0.1) is 24.0 Å². The van der Waals surface area contributed by atoms with E-state index in [4.69, 9.17) is 0 Å². The number of hydrogen-bond donors (Lipinski definition) is 2. The highest BCUT2D eigenvalue weighted by Crippen LogP contribution is 2.25. The van der Waals surface area contributed by atoms with Crippen molar-refractivity contribution in [2.24, 2.45) is 4.99 Å². The Balaban J connectivity index is 0.00000220. The molecule has 6 heteroatoms. The standard InChI is InChI=1S/C15H22FN3S.HI/c1-2-17-15(19-11-13-7-5-9-20-13)18-10-12-6-3-4-8-14(12)16;/h3-4,6,8,13H,2,5,7,9-11H2,1H3,(H2,17,18,19);1H. The van der Waals surface area contributed by atoms with E-state index < -0.39 is 0 Å². The quantitative estimate of drug-likeness (QED) is 0.433. The van der Waals surface area contributed by atoms with E-state index in [-0.39, 0.29) is 29.8 Å². The maximum atomic E-state index is 13.5. The van der Waals surface area contributed by atoms with Crippen LogP contribution in [0.2, 0.25) is 0 Å². The molecular formula is C15H23FIN3S. The number of thioether (sulfide) groups is 1. The Morgan fingerprint density at radius 1 is 1.38 bits per heavy atom. The van der Waals surface area contributed by atoms with E-state index in [0.29, 0.717) is 17.4 Å². The molecule has 0 saturated carbocycles. The summed E-state index contributed by atoms with van der Waals surface area (Å²) in [6.07, 6.45) is 2.57. The van der Waals surface area contributed by atoms with Crippen LogP contribution in [0, 0.1) is 5.82 Å². The minimum absolute atomic E-state index is 0. The van der Waals surface area contributed by atoms with Gasteiger partial charge in [-0.05, 0) is 31.6 Å². The molecule has 1 heterocycles. The fourth-order valence-electron chi connectivity index (χ4n) is 2.15. The Morgan fingerprint density at radius 2 is 2.19 bits per heavy atom. The van der Waals surface area contributed by atoms with Crippen molar-refractivity contribution in [1.82, 2.24) is 10.6 Å². The van der Waals surface area contributed by atoms with Gasteiger partial charge in [-0.1, -0.05) is 18.2 Å². The second kappa shape index (κ2) is 10.3. The average molecular weight is 423 g/mol. The van der Waals surface area contributed by atoms with E-state index in [0.717, 1.165) is 19.0 Å². The molecular weight excluding hydrogens is 400 g/mol. The van der Waals surface area contributed by atoms with Crippen LogP contribution in [0.1, 0.15) is 25.3 Å². The van der Waals surface area contributed by atoms with Crippen LogP contribution in [0.4, 0.5) is 4.39 Å². The van der Waals surface area contributed by atoms with Crippen molar-refractivity contribution in [2.75, 3.05) is 18.8 Å². The molecule has 118 valence electrons. The number of halogens is 2. The van der Waals surface area contributed by atoms with Gasteiger partial charge < -0.3 is 10.6 Å². The Kier molecular flexibility index (Phi) is 9.07. The smallest absolute Gasteiger partial charge is 0.191 e. The van der Waals surface area contributed by atoms with Crippen LogP contribution >= 0.6 is 35.7 Å². The Labute approximate surface area is 147 Å². The van der Waals surface area contributed by atoms with Gasteiger partial charge in [0, 0.05) is 23.9 Å². The SMILES string of the molecule is CCNC(=NCc1ccccc1F)NCC1CCCS1.I. The molecule has 0 radical (unpaired) electrons. The Bertz CT molecular complexity index is 450. The summed E-state index contributed by atoms with van der Waals surface area (Å²) in [6, 6.07) is 6.78. The van der Waals surface area contributed by atoms with E-state index in [1.165, 1.54) is 24.7 Å². The maximum Gasteiger partial charge on any atom is 0.191 e. The van der Waals surface area contributed by atoms with Gasteiger partial charge in [0.1, 0.15) is 5.82 Å². The molecule has 0 bridgehead atoms. The second-order valence-electron chi connectivity index (χ2n) is 4.80. The summed E-state index contributed by atoms with van der Waals surface area (Å²) in [5.74, 6) is 1.83. The largest absolute Gasteiger partial charge is 0.357 e. The second-order valence-corrected chi connectivity index (χ2v) is 6.21. The fraction of sp³-hybridized carbons (Fsp3) is 0.533. The minimum Gasteiger partial charge on any atom is -0.357 e. The molecule has 2 N–H and O–H groups in total. The van der Waals surface area contributed by atoms with Crippen LogP contribution in [0.25, 0.3) is 0 Å². The van der Waals surface area contributed by atoms with Gasteiger partial charge in [-0.2, -0.15) is 11.8 Å². The van der Waals surface area contributed by atoms with Crippen molar-refractivity contribution in [3.05, 3.63) is 35.6 Å². The van der Waals surface area contributed by atoms with Crippen LogP contribution in [0.3, 0.4) is 0 Å². The number of rotatable bonds is 5. The number of benzene rings is 1. The predicted octanol–water partition coefficient (Wildman–Crippen LogP) is 3.39. The zero-order valence-electron chi connectivity index (χ0n) is 12.3. The third-order valence-electron chi connectivity index (χ3n) is 3.23. The van der Waals surface area contributed by atoms with Crippen molar-refractivity contribution < 1.29 is 4.39 Å². The van der Waals surface area contributed by atoms with Gasteiger partial charge >= 0.3 is 0 Å². The molecule has 3 nitrogen and oxygen atoms in total. The molecule has 1 unspecified atom stereocenters. The van der Waals surface area contributed by atoms with E-state index in [2.05, 4.69) is 15.6 Å². The monoisotopic (exact) mass is 423 g/mol. The summed E-state index contributed by atoms with van der Waals surface area (Å²) < 4.78 is 13.5. The van der Waals surface area contributed by atoms with E-state index in [9.17, 15) is 4.39 Å². The average Bonchev–Trinajstić information content (AvgIpc) is 2.97. The lowest BCUT2D eigenvalue weighted by Crippen LogP contribution is -2.40. The number of guanidine groups is 1. The Hall–Kier alpha value is -0.500. The first kappa shape index (κ1) is 18.5. The summed E-state index contributed by atoms with van der Waals surface area (Å²) in [7, 11) is 0. The Morgan fingerprint density at radius 3 is 2.86 bits per heavy atom. The third kappa shape index (κ3) is 6.42. The molecule has 0 amide bonds. The molecule has 21 heavy (non-hydrogen) atoms. The topological polar surface area (TPSA) is 36.4 Å². The number of hydrogen-bond acceptors (Lipinski definition) is 2. The van der Waals surface area contributed by atoms with Crippen molar-refractivity contribution in [3.63, 3.8) is 0 Å². The van der Waals surface area contributed by atoms with Crippen LogP contribution in [-0.4, -0.2) is 30.1 Å². The normalized spacial score (nSPS) is 18.2. The summed E-state index contributed by atoms with van der Waals surface area (Å²) in [4.78, 5) is 4.45. The molecule has 0 aromatic heterocycles. The molecule has 1 aliphatic heterocycles. The maximum absolute atomic E-state index is 13.5. The van der Waals surface area contributed by atoms with Gasteiger partial charge in [-0.3, -0.25) is 0 Å². The highest BCUT2D eigenvalue weighted by molar-refractivity contribution is 14.0. The lowest BCUT2D eigenvalue weighted by atomic mass is 10.2. The zero-order chi connectivity index (χ0) is 14.2. The van der Waals surface area contributed by atoms with Crippen LogP contribution in [-0.2, 0) is 6.54 Å². The van der Waals surface area contributed by atoms with Gasteiger partial charge in [0.2, 0.25) is 0 Å². The molecule has 1 fully saturated rings. The summed E-state index contributed by atoms with van der Waals surface area (Å²) >= 11 is 2.01. The lowest BCUT2D eigenvalue weighted by molar-refractivity contribution is 0.610. The van der Waals surface area contributed by atoms with Crippen molar-refractivity contribution in [1.29, 1.82) is 0 Å². The highest BCUT2D eigenvalue weighted by atomic mass is 127. The first-order valence-electron chi connectivity index (χ1n) is 7.16. The van der Waals surface area contributed by atoms with Gasteiger partial charge in [0.15, 0.2) is 5.96 Å². The summed E-state index contributed by atoms with van der Waals surface area (Å²) in [6.45, 7) is 4.12. The molecule has 1 aromatic rings. The minimum atomic E-state index is -0.196. The van der Waals surface area contributed by atoms with Crippen molar-refractivity contribution in [2.45, 2.75) is 31.6 Å². The molecule has 1 saturated heterocycles. The van der Waals surface area contributed by atoms with E-state index in [1.807, 2.05) is 24.8 Å². The first-order chi connectivity index (χ1) is 9.79. The summed E-state index contributed by atoms with van der Waals surface area (Å²) in [5.41, 5.74) is 0.625. The van der Waals surface area contributed by atoms with Gasteiger partial charge in [0.05, 0.1) is 6.54 Å². The van der Waals surface area contributed by atoms with Crippen LogP contribution in [0.5, 0.6) is 0 Å². The molecule has 0 aliphatic carbocycles. The fourth-order valence-corrected chi connectivity index (χ4v) is 3.35. The van der Waals surface area contributed by atoms with E-state index in [1.54, 1.807) is 12.1 Å². The molecule has 2 rings (SSSR count). The van der Waals surface area contributed by atoms with Crippen LogP contribution < -0.4 is 10.6 Å². The number of aliphatic imine (C=N–C) groups is 1.